The molecule has 0 aliphatic rings. The summed E-state index contributed by atoms with van der Waals surface area (Å²) in [6, 6.07) is 0.157. The predicted molar refractivity (Wildman–Crippen MR) is 67.9 cm³/mol. The summed E-state index contributed by atoms with van der Waals surface area (Å²) in [6.07, 6.45) is 6.96. The molecule has 0 aliphatic carbocycles. The molecular formula is C10H12BrN5O. The van der Waals surface area contributed by atoms with Gasteiger partial charge in [-0.25, -0.2) is 10.1 Å². The van der Waals surface area contributed by atoms with Crippen LogP contribution in [0.5, 0.6) is 0 Å². The van der Waals surface area contributed by atoms with Gasteiger partial charge in [-0.15, -0.1) is 0 Å². The summed E-state index contributed by atoms with van der Waals surface area (Å²) in [5.41, 5.74) is 0.436. The van der Waals surface area contributed by atoms with Gasteiger partial charge in [-0.05, 0) is 22.9 Å². The van der Waals surface area contributed by atoms with Crippen LogP contribution in [0.4, 0.5) is 5.69 Å². The molecule has 2 N–H and O–H groups in total. The summed E-state index contributed by atoms with van der Waals surface area (Å²) in [5.74, 6) is 0. The van der Waals surface area contributed by atoms with Crippen LogP contribution < -0.4 is 10.9 Å². The summed E-state index contributed by atoms with van der Waals surface area (Å²) < 4.78 is 2.43. The zero-order valence-electron chi connectivity index (χ0n) is 9.22. The van der Waals surface area contributed by atoms with Gasteiger partial charge in [0.15, 0.2) is 0 Å². The van der Waals surface area contributed by atoms with Crippen LogP contribution in [0.1, 0.15) is 6.92 Å². The Morgan fingerprint density at radius 3 is 3.18 bits per heavy atom. The normalized spacial score (nSPS) is 12.4. The first-order valence-corrected chi connectivity index (χ1v) is 5.91. The third-order valence-electron chi connectivity index (χ3n) is 2.24. The van der Waals surface area contributed by atoms with Crippen LogP contribution in [0.25, 0.3) is 0 Å². The van der Waals surface area contributed by atoms with Gasteiger partial charge in [0.2, 0.25) is 0 Å². The van der Waals surface area contributed by atoms with Crippen LogP contribution >= 0.6 is 15.9 Å². The van der Waals surface area contributed by atoms with Crippen LogP contribution in [0.3, 0.4) is 0 Å². The summed E-state index contributed by atoms with van der Waals surface area (Å²) in [5, 5.41) is 9.31. The van der Waals surface area contributed by atoms with Crippen molar-refractivity contribution >= 4 is 21.6 Å². The molecule has 0 saturated heterocycles. The van der Waals surface area contributed by atoms with E-state index >= 15 is 0 Å². The minimum absolute atomic E-state index is 0.157. The van der Waals surface area contributed by atoms with Crippen molar-refractivity contribution in [2.45, 2.75) is 19.5 Å². The number of aromatic nitrogens is 4. The van der Waals surface area contributed by atoms with Crippen molar-refractivity contribution in [3.05, 3.63) is 39.7 Å². The van der Waals surface area contributed by atoms with Crippen LogP contribution in [-0.2, 0) is 6.54 Å². The van der Waals surface area contributed by atoms with Gasteiger partial charge in [-0.3, -0.25) is 4.79 Å². The standard InChI is InChI=1S/C10H12BrN5O/c1-7(5-16-3-2-12-6-16)14-8-4-13-15-10(17)9(8)11/h2-4,6-7H,5H2,1H3,(H2,14,15,17). The fourth-order valence-electron chi connectivity index (χ4n) is 1.51. The van der Waals surface area contributed by atoms with Crippen molar-refractivity contribution in [3.63, 3.8) is 0 Å². The Morgan fingerprint density at radius 2 is 2.47 bits per heavy atom. The zero-order chi connectivity index (χ0) is 12.3. The molecule has 1 unspecified atom stereocenters. The van der Waals surface area contributed by atoms with E-state index in [0.717, 1.165) is 6.54 Å². The molecule has 2 aromatic rings. The predicted octanol–water partition coefficient (Wildman–Crippen LogP) is 1.23. The number of anilines is 1. The smallest absolute Gasteiger partial charge is 0.280 e. The largest absolute Gasteiger partial charge is 0.378 e. The highest BCUT2D eigenvalue weighted by molar-refractivity contribution is 9.10. The van der Waals surface area contributed by atoms with Crippen LogP contribution in [0.2, 0.25) is 0 Å². The second-order valence-corrected chi connectivity index (χ2v) is 4.52. The Labute approximate surface area is 106 Å². The third-order valence-corrected chi connectivity index (χ3v) is 3.03. The summed E-state index contributed by atoms with van der Waals surface area (Å²) in [7, 11) is 0. The third kappa shape index (κ3) is 2.94. The van der Waals surface area contributed by atoms with E-state index in [1.54, 1.807) is 18.7 Å². The maximum absolute atomic E-state index is 11.3. The Hall–Kier alpha value is -1.63. The fraction of sp³-hybridized carbons (Fsp3) is 0.300. The van der Waals surface area contributed by atoms with Gasteiger partial charge in [0.25, 0.3) is 5.56 Å². The number of rotatable bonds is 4. The summed E-state index contributed by atoms with van der Waals surface area (Å²) in [4.78, 5) is 15.3. The number of nitrogens with one attached hydrogen (secondary N) is 2. The molecule has 6 nitrogen and oxygen atoms in total. The van der Waals surface area contributed by atoms with E-state index in [-0.39, 0.29) is 11.6 Å². The van der Waals surface area contributed by atoms with Crippen molar-refractivity contribution < 1.29 is 0 Å². The number of halogens is 1. The van der Waals surface area contributed by atoms with E-state index in [2.05, 4.69) is 36.4 Å². The Morgan fingerprint density at radius 1 is 1.65 bits per heavy atom. The summed E-state index contributed by atoms with van der Waals surface area (Å²) in [6.45, 7) is 2.78. The average molecular weight is 298 g/mol. The molecule has 0 radical (unpaired) electrons. The number of hydrogen-bond acceptors (Lipinski definition) is 4. The van der Waals surface area contributed by atoms with Crippen molar-refractivity contribution in [3.8, 4) is 0 Å². The molecule has 1 atom stereocenters. The first-order chi connectivity index (χ1) is 8.16. The van der Waals surface area contributed by atoms with Gasteiger partial charge in [0.05, 0.1) is 18.2 Å². The minimum Gasteiger partial charge on any atom is -0.378 e. The van der Waals surface area contributed by atoms with E-state index in [0.29, 0.717) is 10.2 Å². The number of imidazole rings is 1. The molecule has 0 spiro atoms. The monoisotopic (exact) mass is 297 g/mol. The van der Waals surface area contributed by atoms with Crippen molar-refractivity contribution in [1.29, 1.82) is 0 Å². The molecule has 2 rings (SSSR count). The Balaban J connectivity index is 2.05. The molecule has 0 saturated carbocycles. The number of aromatic amines is 1. The van der Waals surface area contributed by atoms with Crippen LogP contribution in [0, 0.1) is 0 Å². The van der Waals surface area contributed by atoms with Gasteiger partial charge >= 0.3 is 0 Å². The molecule has 17 heavy (non-hydrogen) atoms. The number of nitrogens with zero attached hydrogens (tertiary/aromatic N) is 3. The highest BCUT2D eigenvalue weighted by Crippen LogP contribution is 2.16. The SMILES string of the molecule is CC(Cn1ccnc1)Nc1cn[nH]c(=O)c1Br. The summed E-state index contributed by atoms with van der Waals surface area (Å²) >= 11 is 3.22. The molecule has 7 heteroatoms. The Bertz CT molecular complexity index is 536. The maximum Gasteiger partial charge on any atom is 0.280 e. The average Bonchev–Trinajstić information content (AvgIpc) is 2.77. The van der Waals surface area contributed by atoms with Crippen LogP contribution in [-0.4, -0.2) is 25.8 Å². The lowest BCUT2D eigenvalue weighted by Gasteiger charge is -2.15. The van der Waals surface area contributed by atoms with E-state index in [1.165, 1.54) is 0 Å². The molecule has 2 aromatic heterocycles. The first kappa shape index (κ1) is 11.8. The Kier molecular flexibility index (Phi) is 3.58. The first-order valence-electron chi connectivity index (χ1n) is 5.12. The molecule has 0 fully saturated rings. The quantitative estimate of drug-likeness (QED) is 0.890. The van der Waals surface area contributed by atoms with E-state index < -0.39 is 0 Å². The highest BCUT2D eigenvalue weighted by Gasteiger charge is 2.08. The molecule has 0 amide bonds. The molecule has 0 aliphatic heterocycles. The lowest BCUT2D eigenvalue weighted by Crippen LogP contribution is -2.23. The molecule has 2 heterocycles. The van der Waals surface area contributed by atoms with Gasteiger partial charge in [-0.2, -0.15) is 5.10 Å². The van der Waals surface area contributed by atoms with Crippen LogP contribution in [0.15, 0.2) is 34.2 Å². The van der Waals surface area contributed by atoms with Crippen molar-refractivity contribution in [2.24, 2.45) is 0 Å². The van der Waals surface area contributed by atoms with Gasteiger partial charge in [-0.1, -0.05) is 0 Å². The minimum atomic E-state index is -0.246. The van der Waals surface area contributed by atoms with Crippen molar-refractivity contribution in [2.75, 3.05) is 5.32 Å². The number of H-pyrrole nitrogens is 1. The zero-order valence-corrected chi connectivity index (χ0v) is 10.8. The van der Waals surface area contributed by atoms with Gasteiger partial charge in [0, 0.05) is 25.0 Å². The molecular weight excluding hydrogens is 286 g/mol. The maximum atomic E-state index is 11.3. The molecule has 0 bridgehead atoms. The van der Waals surface area contributed by atoms with Gasteiger partial charge < -0.3 is 9.88 Å². The van der Waals surface area contributed by atoms with E-state index in [4.69, 9.17) is 0 Å². The topological polar surface area (TPSA) is 75.6 Å². The fourth-order valence-corrected chi connectivity index (χ4v) is 1.81. The highest BCUT2D eigenvalue weighted by atomic mass is 79.9. The number of hydrogen-bond donors (Lipinski definition) is 2. The van der Waals surface area contributed by atoms with Gasteiger partial charge in [0.1, 0.15) is 4.47 Å². The van der Waals surface area contributed by atoms with E-state index in [1.807, 2.05) is 17.7 Å². The van der Waals surface area contributed by atoms with Crippen molar-refractivity contribution in [1.82, 2.24) is 19.7 Å². The second kappa shape index (κ2) is 5.13. The lowest BCUT2D eigenvalue weighted by molar-refractivity contribution is 0.618. The second-order valence-electron chi connectivity index (χ2n) is 3.73. The molecule has 90 valence electrons. The molecule has 0 aromatic carbocycles. The lowest BCUT2D eigenvalue weighted by atomic mass is 10.3. The van der Waals surface area contributed by atoms with E-state index in [9.17, 15) is 4.79 Å².